The molecular formula is C14H20O. The first-order chi connectivity index (χ1) is 7.08. The zero-order chi connectivity index (χ0) is 10.3. The van der Waals surface area contributed by atoms with Gasteiger partial charge in [0, 0.05) is 5.41 Å². The standard InChI is InChI=1S/C14H20O/c1-12-5-3-4-6-14(12)8-10-7-11(12)15-13(10,2)9-14/h4,6,10-11H,3,5,7-9H2,1-2H3. The maximum absolute atomic E-state index is 6.37. The van der Waals surface area contributed by atoms with Crippen molar-refractivity contribution in [1.82, 2.24) is 0 Å². The molecule has 0 amide bonds. The highest BCUT2D eigenvalue weighted by Gasteiger charge is 2.71. The number of hydrogen-bond donors (Lipinski definition) is 0. The van der Waals surface area contributed by atoms with Crippen LogP contribution in [0.3, 0.4) is 0 Å². The van der Waals surface area contributed by atoms with Crippen LogP contribution in [-0.4, -0.2) is 11.7 Å². The molecule has 0 aromatic rings. The second-order valence-electron chi connectivity index (χ2n) is 6.75. The Morgan fingerprint density at radius 1 is 1.33 bits per heavy atom. The van der Waals surface area contributed by atoms with Crippen molar-refractivity contribution in [3.63, 3.8) is 0 Å². The first kappa shape index (κ1) is 8.81. The van der Waals surface area contributed by atoms with Gasteiger partial charge in [-0.05, 0) is 50.4 Å². The summed E-state index contributed by atoms with van der Waals surface area (Å²) in [5, 5.41) is 0. The monoisotopic (exact) mass is 204 g/mol. The predicted molar refractivity (Wildman–Crippen MR) is 59.5 cm³/mol. The fraction of sp³-hybridized carbons (Fsp3) is 0.857. The maximum atomic E-state index is 6.37. The van der Waals surface area contributed by atoms with Gasteiger partial charge in [0.1, 0.15) is 0 Å². The minimum absolute atomic E-state index is 0.228. The van der Waals surface area contributed by atoms with Crippen LogP contribution in [0.15, 0.2) is 12.2 Å². The Bertz CT molecular complexity index is 360. The molecule has 2 heterocycles. The molecule has 0 N–H and O–H groups in total. The van der Waals surface area contributed by atoms with Crippen LogP contribution >= 0.6 is 0 Å². The van der Waals surface area contributed by atoms with Crippen molar-refractivity contribution >= 4 is 0 Å². The first-order valence-electron chi connectivity index (χ1n) is 6.44. The highest BCUT2D eigenvalue weighted by Crippen LogP contribution is 2.73. The average Bonchev–Trinajstić information content (AvgIpc) is 2.56. The minimum Gasteiger partial charge on any atom is -0.371 e. The lowest BCUT2D eigenvalue weighted by Crippen LogP contribution is -2.53. The Labute approximate surface area is 91.9 Å². The molecule has 2 aliphatic heterocycles. The molecule has 15 heavy (non-hydrogen) atoms. The van der Waals surface area contributed by atoms with Crippen LogP contribution in [-0.2, 0) is 4.74 Å². The zero-order valence-electron chi connectivity index (χ0n) is 9.75. The molecule has 2 saturated carbocycles. The summed E-state index contributed by atoms with van der Waals surface area (Å²) in [5.74, 6) is 0.846. The third kappa shape index (κ3) is 0.759. The van der Waals surface area contributed by atoms with Crippen LogP contribution in [0, 0.1) is 16.7 Å². The van der Waals surface area contributed by atoms with Gasteiger partial charge in [0.15, 0.2) is 0 Å². The van der Waals surface area contributed by atoms with E-state index in [-0.39, 0.29) is 5.60 Å². The Morgan fingerprint density at radius 2 is 2.20 bits per heavy atom. The molecule has 82 valence electrons. The van der Waals surface area contributed by atoms with Crippen LogP contribution in [0.1, 0.15) is 46.0 Å². The van der Waals surface area contributed by atoms with Crippen molar-refractivity contribution in [3.8, 4) is 0 Å². The van der Waals surface area contributed by atoms with Gasteiger partial charge in [-0.2, -0.15) is 0 Å². The number of allylic oxidation sites excluding steroid dienone is 2. The van der Waals surface area contributed by atoms with Gasteiger partial charge < -0.3 is 4.74 Å². The van der Waals surface area contributed by atoms with E-state index in [0.717, 1.165) is 5.92 Å². The quantitative estimate of drug-likeness (QED) is 0.550. The van der Waals surface area contributed by atoms with Crippen molar-refractivity contribution in [2.45, 2.75) is 57.7 Å². The van der Waals surface area contributed by atoms with Crippen LogP contribution in [0.2, 0.25) is 0 Å². The SMILES string of the molecule is CC12CC34C=CCCC3(C)C(CC1C4)O2. The summed E-state index contributed by atoms with van der Waals surface area (Å²) in [7, 11) is 0. The van der Waals surface area contributed by atoms with Crippen LogP contribution in [0.25, 0.3) is 0 Å². The maximum Gasteiger partial charge on any atom is 0.0696 e. The van der Waals surface area contributed by atoms with Gasteiger partial charge in [-0.15, -0.1) is 0 Å². The first-order valence-corrected chi connectivity index (χ1v) is 6.44. The van der Waals surface area contributed by atoms with Crippen LogP contribution < -0.4 is 0 Å². The van der Waals surface area contributed by atoms with Crippen LogP contribution in [0.5, 0.6) is 0 Å². The highest BCUT2D eigenvalue weighted by molar-refractivity contribution is 5.27. The average molecular weight is 204 g/mol. The molecule has 3 aliphatic carbocycles. The van der Waals surface area contributed by atoms with E-state index >= 15 is 0 Å². The Morgan fingerprint density at radius 3 is 3.00 bits per heavy atom. The summed E-state index contributed by atoms with van der Waals surface area (Å²) in [6.45, 7) is 4.84. The summed E-state index contributed by atoms with van der Waals surface area (Å²) in [6, 6.07) is 0. The number of hydrogen-bond acceptors (Lipinski definition) is 1. The van der Waals surface area contributed by atoms with E-state index in [2.05, 4.69) is 26.0 Å². The van der Waals surface area contributed by atoms with E-state index < -0.39 is 0 Å². The molecule has 1 nitrogen and oxygen atoms in total. The summed E-state index contributed by atoms with van der Waals surface area (Å²) in [4.78, 5) is 0. The molecule has 4 fully saturated rings. The Kier molecular flexibility index (Phi) is 1.29. The summed E-state index contributed by atoms with van der Waals surface area (Å²) >= 11 is 0. The van der Waals surface area contributed by atoms with Crippen molar-refractivity contribution in [2.75, 3.05) is 0 Å². The number of rotatable bonds is 0. The van der Waals surface area contributed by atoms with E-state index in [4.69, 9.17) is 4.74 Å². The van der Waals surface area contributed by atoms with Gasteiger partial charge in [0.2, 0.25) is 0 Å². The second kappa shape index (κ2) is 2.20. The molecule has 5 aliphatic rings. The second-order valence-corrected chi connectivity index (χ2v) is 6.75. The van der Waals surface area contributed by atoms with E-state index in [1.54, 1.807) is 0 Å². The fourth-order valence-corrected chi connectivity index (χ4v) is 5.17. The molecule has 2 saturated heterocycles. The summed E-state index contributed by atoms with van der Waals surface area (Å²) in [5.41, 5.74) is 1.19. The molecule has 4 bridgehead atoms. The fourth-order valence-electron chi connectivity index (χ4n) is 5.17. The molecule has 0 aromatic heterocycles. The minimum atomic E-state index is 0.228. The topological polar surface area (TPSA) is 9.23 Å². The molecule has 5 rings (SSSR count). The van der Waals surface area contributed by atoms with E-state index in [0.29, 0.717) is 16.9 Å². The van der Waals surface area contributed by atoms with Crippen LogP contribution in [0.4, 0.5) is 0 Å². The Balaban J connectivity index is 1.92. The molecule has 5 unspecified atom stereocenters. The van der Waals surface area contributed by atoms with Crippen molar-refractivity contribution in [2.24, 2.45) is 16.7 Å². The van der Waals surface area contributed by atoms with Gasteiger partial charge in [-0.3, -0.25) is 0 Å². The summed E-state index contributed by atoms with van der Waals surface area (Å²) < 4.78 is 6.37. The smallest absolute Gasteiger partial charge is 0.0696 e. The van der Waals surface area contributed by atoms with E-state index in [9.17, 15) is 0 Å². The summed E-state index contributed by atoms with van der Waals surface area (Å²) in [6.07, 6.45) is 12.2. The predicted octanol–water partition coefficient (Wildman–Crippen LogP) is 3.30. The van der Waals surface area contributed by atoms with Gasteiger partial charge in [-0.25, -0.2) is 0 Å². The molecule has 1 heteroatoms. The highest BCUT2D eigenvalue weighted by atomic mass is 16.5. The largest absolute Gasteiger partial charge is 0.371 e. The number of ether oxygens (including phenoxy) is 1. The van der Waals surface area contributed by atoms with E-state index in [1.165, 1.54) is 32.1 Å². The lowest BCUT2D eigenvalue weighted by molar-refractivity contribution is -0.169. The lowest BCUT2D eigenvalue weighted by Gasteiger charge is -2.56. The van der Waals surface area contributed by atoms with Gasteiger partial charge >= 0.3 is 0 Å². The Hall–Kier alpha value is -0.300. The molecule has 5 atom stereocenters. The van der Waals surface area contributed by atoms with E-state index in [1.807, 2.05) is 0 Å². The van der Waals surface area contributed by atoms with Gasteiger partial charge in [-0.1, -0.05) is 19.1 Å². The van der Waals surface area contributed by atoms with Crippen molar-refractivity contribution in [1.29, 1.82) is 0 Å². The van der Waals surface area contributed by atoms with Gasteiger partial charge in [0.05, 0.1) is 11.7 Å². The van der Waals surface area contributed by atoms with Crippen molar-refractivity contribution in [3.05, 3.63) is 12.2 Å². The molecule has 0 aromatic carbocycles. The van der Waals surface area contributed by atoms with Crippen molar-refractivity contribution < 1.29 is 4.74 Å². The third-order valence-corrected chi connectivity index (χ3v) is 6.17. The third-order valence-electron chi connectivity index (χ3n) is 6.17. The zero-order valence-corrected chi connectivity index (χ0v) is 9.75. The molecular weight excluding hydrogens is 184 g/mol. The normalized spacial score (nSPS) is 64.9. The molecule has 1 spiro atoms. The molecule has 0 radical (unpaired) electrons. The van der Waals surface area contributed by atoms with Gasteiger partial charge in [0.25, 0.3) is 0 Å². The lowest BCUT2D eigenvalue weighted by atomic mass is 9.52.